The highest BCUT2D eigenvalue weighted by atomic mass is 32.1. The van der Waals surface area contributed by atoms with Crippen molar-refractivity contribution >= 4 is 11.3 Å². The number of rotatable bonds is 4. The maximum absolute atomic E-state index is 6.54. The van der Waals surface area contributed by atoms with Crippen molar-refractivity contribution in [1.29, 1.82) is 0 Å². The van der Waals surface area contributed by atoms with Gasteiger partial charge in [-0.05, 0) is 34.4 Å². The standard InChI is InChI=1S/C18H24N2S/c1-18(2,17(19)14-6-4-3-5-7-14)13-20-10-8-16-15(12-20)9-11-21-16/h3-7,9,11,17H,8,10,12-13,19H2,1-2H3. The molecule has 112 valence electrons. The van der Waals surface area contributed by atoms with Gasteiger partial charge >= 0.3 is 0 Å². The van der Waals surface area contributed by atoms with Crippen molar-refractivity contribution in [2.45, 2.75) is 32.9 Å². The molecule has 1 unspecified atom stereocenters. The van der Waals surface area contributed by atoms with Crippen molar-refractivity contribution < 1.29 is 0 Å². The minimum Gasteiger partial charge on any atom is -0.323 e. The van der Waals surface area contributed by atoms with Crippen LogP contribution in [0.25, 0.3) is 0 Å². The van der Waals surface area contributed by atoms with Crippen molar-refractivity contribution in [1.82, 2.24) is 4.90 Å². The molecule has 1 aliphatic rings. The summed E-state index contributed by atoms with van der Waals surface area (Å²) < 4.78 is 0. The largest absolute Gasteiger partial charge is 0.323 e. The van der Waals surface area contributed by atoms with E-state index in [1.165, 1.54) is 17.5 Å². The number of thiophene rings is 1. The van der Waals surface area contributed by atoms with E-state index in [2.05, 4.69) is 54.5 Å². The topological polar surface area (TPSA) is 29.3 Å². The van der Waals surface area contributed by atoms with Crippen LogP contribution in [0.4, 0.5) is 0 Å². The molecular formula is C18H24N2S. The van der Waals surface area contributed by atoms with Crippen LogP contribution in [0.5, 0.6) is 0 Å². The van der Waals surface area contributed by atoms with E-state index in [4.69, 9.17) is 5.73 Å². The molecule has 0 fully saturated rings. The Labute approximate surface area is 131 Å². The lowest BCUT2D eigenvalue weighted by molar-refractivity contribution is 0.141. The molecule has 1 atom stereocenters. The van der Waals surface area contributed by atoms with Crippen LogP contribution in [0.15, 0.2) is 41.8 Å². The van der Waals surface area contributed by atoms with E-state index in [0.717, 1.165) is 19.6 Å². The van der Waals surface area contributed by atoms with Crippen LogP contribution in [-0.4, -0.2) is 18.0 Å². The molecule has 0 amide bonds. The summed E-state index contributed by atoms with van der Waals surface area (Å²) in [5.41, 5.74) is 9.35. The van der Waals surface area contributed by atoms with Gasteiger partial charge in [0.1, 0.15) is 0 Å². The molecule has 0 radical (unpaired) electrons. The molecule has 0 saturated carbocycles. The fraction of sp³-hybridized carbons (Fsp3) is 0.444. The van der Waals surface area contributed by atoms with Crippen molar-refractivity contribution in [3.05, 3.63) is 57.8 Å². The second-order valence-corrected chi connectivity index (χ2v) is 7.71. The third kappa shape index (κ3) is 3.20. The van der Waals surface area contributed by atoms with Gasteiger partial charge in [-0.15, -0.1) is 11.3 Å². The zero-order valence-electron chi connectivity index (χ0n) is 12.9. The van der Waals surface area contributed by atoms with Gasteiger partial charge in [-0.1, -0.05) is 44.2 Å². The first-order chi connectivity index (χ1) is 10.1. The Kier molecular flexibility index (Phi) is 4.16. The van der Waals surface area contributed by atoms with E-state index >= 15 is 0 Å². The van der Waals surface area contributed by atoms with Gasteiger partial charge in [0.25, 0.3) is 0 Å². The highest BCUT2D eigenvalue weighted by molar-refractivity contribution is 7.10. The minimum atomic E-state index is 0.0644. The molecule has 1 aromatic heterocycles. The van der Waals surface area contributed by atoms with Crippen LogP contribution in [0.1, 0.15) is 35.9 Å². The zero-order valence-corrected chi connectivity index (χ0v) is 13.7. The summed E-state index contributed by atoms with van der Waals surface area (Å²) in [6, 6.07) is 12.8. The average molecular weight is 300 g/mol. The second kappa shape index (κ2) is 5.91. The number of nitrogens with two attached hydrogens (primary N) is 1. The van der Waals surface area contributed by atoms with Gasteiger partial charge in [0, 0.05) is 30.6 Å². The lowest BCUT2D eigenvalue weighted by atomic mass is 9.80. The molecule has 2 aromatic rings. The summed E-state index contributed by atoms with van der Waals surface area (Å²) in [7, 11) is 0. The molecule has 2 nitrogen and oxygen atoms in total. The van der Waals surface area contributed by atoms with E-state index in [-0.39, 0.29) is 11.5 Å². The van der Waals surface area contributed by atoms with E-state index in [0.29, 0.717) is 0 Å². The fourth-order valence-electron chi connectivity index (χ4n) is 3.23. The highest BCUT2D eigenvalue weighted by Crippen LogP contribution is 2.34. The molecule has 0 bridgehead atoms. The maximum Gasteiger partial charge on any atom is 0.0359 e. The first-order valence-corrected chi connectivity index (χ1v) is 8.52. The summed E-state index contributed by atoms with van der Waals surface area (Å²) in [5, 5.41) is 2.22. The van der Waals surface area contributed by atoms with E-state index < -0.39 is 0 Å². The molecule has 21 heavy (non-hydrogen) atoms. The van der Waals surface area contributed by atoms with Crippen LogP contribution in [0.2, 0.25) is 0 Å². The minimum absolute atomic E-state index is 0.0644. The van der Waals surface area contributed by atoms with Gasteiger partial charge in [-0.25, -0.2) is 0 Å². The maximum atomic E-state index is 6.54. The Morgan fingerprint density at radius 2 is 2.00 bits per heavy atom. The zero-order chi connectivity index (χ0) is 14.9. The fourth-order valence-corrected chi connectivity index (χ4v) is 4.12. The number of benzene rings is 1. The third-order valence-corrected chi connectivity index (χ3v) is 5.54. The smallest absolute Gasteiger partial charge is 0.0359 e. The quantitative estimate of drug-likeness (QED) is 0.929. The average Bonchev–Trinajstić information content (AvgIpc) is 2.94. The van der Waals surface area contributed by atoms with Crippen LogP contribution in [0.3, 0.4) is 0 Å². The molecule has 0 spiro atoms. The molecule has 0 aliphatic carbocycles. The number of fused-ring (bicyclic) bond motifs is 1. The van der Waals surface area contributed by atoms with Gasteiger partial charge < -0.3 is 5.73 Å². The van der Waals surface area contributed by atoms with E-state index in [1.54, 1.807) is 4.88 Å². The molecular weight excluding hydrogens is 276 g/mol. The van der Waals surface area contributed by atoms with Crippen molar-refractivity contribution in [2.75, 3.05) is 13.1 Å². The Hall–Kier alpha value is -1.16. The van der Waals surface area contributed by atoms with Crippen LogP contribution in [-0.2, 0) is 13.0 Å². The van der Waals surface area contributed by atoms with E-state index in [9.17, 15) is 0 Å². The van der Waals surface area contributed by atoms with Crippen molar-refractivity contribution in [2.24, 2.45) is 11.1 Å². The van der Waals surface area contributed by atoms with Crippen LogP contribution < -0.4 is 5.73 Å². The SMILES string of the molecule is CC(C)(CN1CCc2sccc2C1)C(N)c1ccccc1. The van der Waals surface area contributed by atoms with Gasteiger partial charge in [0.05, 0.1) is 0 Å². The van der Waals surface area contributed by atoms with Gasteiger partial charge in [0.15, 0.2) is 0 Å². The Bertz CT molecular complexity index is 588. The van der Waals surface area contributed by atoms with Crippen molar-refractivity contribution in [3.8, 4) is 0 Å². The summed E-state index contributed by atoms with van der Waals surface area (Å²) in [6.07, 6.45) is 1.18. The molecule has 3 rings (SSSR count). The molecule has 0 saturated heterocycles. The van der Waals surface area contributed by atoms with Gasteiger partial charge in [-0.3, -0.25) is 4.90 Å². The second-order valence-electron chi connectivity index (χ2n) is 6.71. The number of nitrogens with zero attached hydrogens (tertiary/aromatic N) is 1. The molecule has 3 heteroatoms. The number of hydrogen-bond acceptors (Lipinski definition) is 3. The Balaban J connectivity index is 1.69. The molecule has 1 aromatic carbocycles. The first-order valence-electron chi connectivity index (χ1n) is 7.64. The van der Waals surface area contributed by atoms with Gasteiger partial charge in [0.2, 0.25) is 0 Å². The summed E-state index contributed by atoms with van der Waals surface area (Å²) in [5.74, 6) is 0. The Morgan fingerprint density at radius 3 is 2.76 bits per heavy atom. The van der Waals surface area contributed by atoms with Crippen LogP contribution >= 0.6 is 11.3 Å². The normalized spacial score (nSPS) is 17.5. The summed E-state index contributed by atoms with van der Waals surface area (Å²) >= 11 is 1.90. The molecule has 2 N–H and O–H groups in total. The number of hydrogen-bond donors (Lipinski definition) is 1. The summed E-state index contributed by atoms with van der Waals surface area (Å²) in [4.78, 5) is 4.12. The molecule has 1 aliphatic heterocycles. The van der Waals surface area contributed by atoms with Crippen molar-refractivity contribution in [3.63, 3.8) is 0 Å². The van der Waals surface area contributed by atoms with Gasteiger partial charge in [-0.2, -0.15) is 0 Å². The summed E-state index contributed by atoms with van der Waals surface area (Å²) in [6.45, 7) is 7.84. The lowest BCUT2D eigenvalue weighted by Gasteiger charge is -2.38. The predicted molar refractivity (Wildman–Crippen MR) is 90.5 cm³/mol. The highest BCUT2D eigenvalue weighted by Gasteiger charge is 2.31. The Morgan fingerprint density at radius 1 is 1.24 bits per heavy atom. The van der Waals surface area contributed by atoms with E-state index in [1.807, 2.05) is 17.4 Å². The lowest BCUT2D eigenvalue weighted by Crippen LogP contribution is -2.42. The predicted octanol–water partition coefficient (Wildman–Crippen LogP) is 3.83. The first kappa shape index (κ1) is 14.8. The third-order valence-electron chi connectivity index (χ3n) is 4.52. The monoisotopic (exact) mass is 300 g/mol. The molecule has 2 heterocycles. The van der Waals surface area contributed by atoms with Crippen LogP contribution in [0, 0.1) is 5.41 Å².